The van der Waals surface area contributed by atoms with Crippen LogP contribution >= 0.6 is 0 Å². The number of benzene rings is 1. The summed E-state index contributed by atoms with van der Waals surface area (Å²) < 4.78 is 5.81. The number of fused-ring (bicyclic) bond motifs is 1. The molecule has 0 fully saturated rings. The van der Waals surface area contributed by atoms with Crippen LogP contribution in [-0.4, -0.2) is 5.60 Å². The lowest BCUT2D eigenvalue weighted by atomic mass is 9.99. The SMILES string of the molecule is Cc1cccc2c1C=CC(C)(C)O2. The third-order valence-corrected chi connectivity index (χ3v) is 2.31. The summed E-state index contributed by atoms with van der Waals surface area (Å²) in [5, 5.41) is 0. The van der Waals surface area contributed by atoms with Crippen molar-refractivity contribution < 1.29 is 4.74 Å². The molecule has 2 rings (SSSR count). The first-order chi connectivity index (χ1) is 6.08. The zero-order valence-corrected chi connectivity index (χ0v) is 8.29. The number of aryl methyl sites for hydroxylation is 1. The van der Waals surface area contributed by atoms with Gasteiger partial charge in [-0.3, -0.25) is 0 Å². The van der Waals surface area contributed by atoms with Gasteiger partial charge < -0.3 is 4.74 Å². The molecule has 0 amide bonds. The van der Waals surface area contributed by atoms with Gasteiger partial charge >= 0.3 is 0 Å². The lowest BCUT2D eigenvalue weighted by Crippen LogP contribution is -2.27. The van der Waals surface area contributed by atoms with Crippen LogP contribution in [0.25, 0.3) is 6.08 Å². The molecule has 1 heteroatoms. The maximum atomic E-state index is 5.81. The third-order valence-electron chi connectivity index (χ3n) is 2.31. The second-order valence-electron chi connectivity index (χ2n) is 4.03. The van der Waals surface area contributed by atoms with Gasteiger partial charge in [-0.15, -0.1) is 0 Å². The summed E-state index contributed by atoms with van der Waals surface area (Å²) in [7, 11) is 0. The molecule has 1 aromatic rings. The molecule has 68 valence electrons. The molecule has 0 saturated carbocycles. The minimum Gasteiger partial charge on any atom is -0.483 e. The Morgan fingerprint density at radius 3 is 2.77 bits per heavy atom. The maximum Gasteiger partial charge on any atom is 0.128 e. The Hall–Kier alpha value is -1.24. The molecule has 13 heavy (non-hydrogen) atoms. The van der Waals surface area contributed by atoms with E-state index in [1.54, 1.807) is 0 Å². The lowest BCUT2D eigenvalue weighted by Gasteiger charge is -2.28. The molecule has 0 aromatic heterocycles. The monoisotopic (exact) mass is 174 g/mol. The highest BCUT2D eigenvalue weighted by atomic mass is 16.5. The number of hydrogen-bond acceptors (Lipinski definition) is 1. The van der Waals surface area contributed by atoms with Crippen LogP contribution in [0.5, 0.6) is 5.75 Å². The molecule has 0 aliphatic carbocycles. The molecule has 0 spiro atoms. The van der Waals surface area contributed by atoms with Gasteiger partial charge in [-0.05, 0) is 38.5 Å². The Balaban J connectivity index is 2.53. The van der Waals surface area contributed by atoms with Crippen molar-refractivity contribution >= 4 is 6.08 Å². The summed E-state index contributed by atoms with van der Waals surface area (Å²) in [6, 6.07) is 6.15. The summed E-state index contributed by atoms with van der Waals surface area (Å²) in [5.74, 6) is 0.993. The minimum absolute atomic E-state index is 0.166. The van der Waals surface area contributed by atoms with E-state index in [0.717, 1.165) is 5.75 Å². The van der Waals surface area contributed by atoms with Crippen molar-refractivity contribution in [3.05, 3.63) is 35.4 Å². The standard InChI is InChI=1S/C12H14O/c1-9-5-4-6-11-10(9)7-8-12(2,3)13-11/h4-8H,1-3H3. The number of rotatable bonds is 0. The van der Waals surface area contributed by atoms with E-state index in [9.17, 15) is 0 Å². The van der Waals surface area contributed by atoms with Crippen LogP contribution in [0.1, 0.15) is 25.0 Å². The van der Waals surface area contributed by atoms with Crippen molar-refractivity contribution in [2.24, 2.45) is 0 Å². The van der Waals surface area contributed by atoms with Crippen LogP contribution in [-0.2, 0) is 0 Å². The van der Waals surface area contributed by atoms with Crippen LogP contribution < -0.4 is 4.74 Å². The Morgan fingerprint density at radius 1 is 1.23 bits per heavy atom. The summed E-state index contributed by atoms with van der Waals surface area (Å²) in [5.41, 5.74) is 2.31. The molecule has 0 unspecified atom stereocenters. The van der Waals surface area contributed by atoms with Gasteiger partial charge in [0.15, 0.2) is 0 Å². The average Bonchev–Trinajstić information content (AvgIpc) is 2.02. The van der Waals surface area contributed by atoms with Crippen molar-refractivity contribution in [3.8, 4) is 5.75 Å². The first kappa shape index (κ1) is 8.36. The Bertz CT molecular complexity index is 361. The lowest BCUT2D eigenvalue weighted by molar-refractivity contribution is 0.159. The molecule has 1 aromatic carbocycles. The molecule has 0 N–H and O–H groups in total. The first-order valence-electron chi connectivity index (χ1n) is 4.56. The van der Waals surface area contributed by atoms with Crippen LogP contribution in [0.3, 0.4) is 0 Å². The molecule has 1 heterocycles. The third kappa shape index (κ3) is 1.46. The highest BCUT2D eigenvalue weighted by Crippen LogP contribution is 2.32. The fourth-order valence-electron chi connectivity index (χ4n) is 1.56. The highest BCUT2D eigenvalue weighted by Gasteiger charge is 2.21. The minimum atomic E-state index is -0.166. The number of ether oxygens (including phenoxy) is 1. The van der Waals surface area contributed by atoms with Crippen molar-refractivity contribution in [3.63, 3.8) is 0 Å². The molecule has 0 saturated heterocycles. The van der Waals surface area contributed by atoms with E-state index in [1.165, 1.54) is 11.1 Å². The van der Waals surface area contributed by atoms with Crippen molar-refractivity contribution in [2.75, 3.05) is 0 Å². The van der Waals surface area contributed by atoms with Crippen LogP contribution in [0, 0.1) is 6.92 Å². The van der Waals surface area contributed by atoms with Gasteiger partial charge in [-0.2, -0.15) is 0 Å². The zero-order valence-electron chi connectivity index (χ0n) is 8.29. The molecular weight excluding hydrogens is 160 g/mol. The van der Waals surface area contributed by atoms with Gasteiger partial charge in [0.2, 0.25) is 0 Å². The van der Waals surface area contributed by atoms with Crippen molar-refractivity contribution in [1.82, 2.24) is 0 Å². The summed E-state index contributed by atoms with van der Waals surface area (Å²) >= 11 is 0. The van der Waals surface area contributed by atoms with Crippen LogP contribution in [0.4, 0.5) is 0 Å². The predicted molar refractivity (Wildman–Crippen MR) is 54.9 cm³/mol. The fraction of sp³-hybridized carbons (Fsp3) is 0.333. The molecule has 0 atom stereocenters. The summed E-state index contributed by atoms with van der Waals surface area (Å²) in [4.78, 5) is 0. The van der Waals surface area contributed by atoms with Gasteiger partial charge in [0.1, 0.15) is 11.4 Å². The smallest absolute Gasteiger partial charge is 0.128 e. The maximum absolute atomic E-state index is 5.81. The normalized spacial score (nSPS) is 17.8. The summed E-state index contributed by atoms with van der Waals surface area (Å²) in [6.07, 6.45) is 4.25. The van der Waals surface area contributed by atoms with E-state index in [2.05, 4.69) is 39.0 Å². The van der Waals surface area contributed by atoms with Gasteiger partial charge in [0.05, 0.1) is 0 Å². The molecule has 0 bridgehead atoms. The van der Waals surface area contributed by atoms with E-state index in [1.807, 2.05) is 12.1 Å². The van der Waals surface area contributed by atoms with E-state index in [0.29, 0.717) is 0 Å². The molecule has 1 aliphatic heterocycles. The van der Waals surface area contributed by atoms with E-state index in [4.69, 9.17) is 4.74 Å². The van der Waals surface area contributed by atoms with Crippen LogP contribution in [0.15, 0.2) is 24.3 Å². The predicted octanol–water partition coefficient (Wildman–Crippen LogP) is 3.18. The zero-order chi connectivity index (χ0) is 9.47. The van der Waals surface area contributed by atoms with Gasteiger partial charge in [-0.1, -0.05) is 18.2 Å². The second-order valence-corrected chi connectivity index (χ2v) is 4.03. The number of hydrogen-bond donors (Lipinski definition) is 0. The van der Waals surface area contributed by atoms with Gasteiger partial charge in [0.25, 0.3) is 0 Å². The highest BCUT2D eigenvalue weighted by molar-refractivity contribution is 5.63. The molecule has 1 aliphatic rings. The van der Waals surface area contributed by atoms with E-state index in [-0.39, 0.29) is 5.60 Å². The second kappa shape index (κ2) is 2.63. The Labute approximate surface area is 79.0 Å². The van der Waals surface area contributed by atoms with Crippen molar-refractivity contribution in [1.29, 1.82) is 0 Å². The van der Waals surface area contributed by atoms with E-state index < -0.39 is 0 Å². The van der Waals surface area contributed by atoms with Gasteiger partial charge in [0, 0.05) is 5.56 Å². The first-order valence-corrected chi connectivity index (χ1v) is 4.56. The van der Waals surface area contributed by atoms with Crippen LogP contribution in [0.2, 0.25) is 0 Å². The Morgan fingerprint density at radius 2 is 2.00 bits per heavy atom. The van der Waals surface area contributed by atoms with Gasteiger partial charge in [-0.25, -0.2) is 0 Å². The Kier molecular flexibility index (Phi) is 1.69. The fourth-order valence-corrected chi connectivity index (χ4v) is 1.56. The average molecular weight is 174 g/mol. The summed E-state index contributed by atoms with van der Waals surface area (Å²) in [6.45, 7) is 6.23. The molecular formula is C12H14O. The topological polar surface area (TPSA) is 9.23 Å². The van der Waals surface area contributed by atoms with E-state index >= 15 is 0 Å². The quantitative estimate of drug-likeness (QED) is 0.587. The molecule has 0 radical (unpaired) electrons. The molecule has 1 nitrogen and oxygen atoms in total. The largest absolute Gasteiger partial charge is 0.483 e. The van der Waals surface area contributed by atoms with Crippen molar-refractivity contribution in [2.45, 2.75) is 26.4 Å².